The lowest BCUT2D eigenvalue weighted by Gasteiger charge is -2.17. The molecule has 0 spiro atoms. The number of methoxy groups -OCH3 is 1. The van der Waals surface area contributed by atoms with E-state index in [1.54, 1.807) is 18.4 Å². The van der Waals surface area contributed by atoms with E-state index in [0.29, 0.717) is 0 Å². The molecule has 0 amide bonds. The van der Waals surface area contributed by atoms with Crippen molar-refractivity contribution in [3.63, 3.8) is 0 Å². The summed E-state index contributed by atoms with van der Waals surface area (Å²) in [6, 6.07) is 2.31. The highest BCUT2D eigenvalue weighted by Gasteiger charge is 2.18. The van der Waals surface area contributed by atoms with Gasteiger partial charge in [-0.2, -0.15) is 5.10 Å². The average Bonchev–Trinajstić information content (AvgIpc) is 3.06. The zero-order valence-corrected chi connectivity index (χ0v) is 12.5. The summed E-state index contributed by atoms with van der Waals surface area (Å²) in [6.07, 6.45) is 5.00. The topological polar surface area (TPSA) is 39.1 Å². The number of ether oxygens (including phenoxy) is 1. The molecule has 1 unspecified atom stereocenters. The number of hydrogen-bond acceptors (Lipinski definition) is 4. The van der Waals surface area contributed by atoms with Crippen LogP contribution in [0.4, 0.5) is 0 Å². The van der Waals surface area contributed by atoms with Crippen molar-refractivity contribution in [1.82, 2.24) is 15.1 Å². The van der Waals surface area contributed by atoms with Gasteiger partial charge in [-0.05, 0) is 36.9 Å². The molecule has 0 radical (unpaired) electrons. The van der Waals surface area contributed by atoms with Crippen molar-refractivity contribution in [2.75, 3.05) is 13.7 Å². The predicted octanol–water partition coefficient (Wildman–Crippen LogP) is 2.87. The highest BCUT2D eigenvalue weighted by molar-refractivity contribution is 7.10. The molecule has 2 rings (SSSR count). The molecule has 1 N–H and O–H groups in total. The van der Waals surface area contributed by atoms with Crippen LogP contribution < -0.4 is 10.1 Å². The first-order valence-electron chi connectivity index (χ1n) is 6.64. The van der Waals surface area contributed by atoms with Gasteiger partial charge in [-0.1, -0.05) is 6.92 Å². The van der Waals surface area contributed by atoms with Crippen molar-refractivity contribution in [2.45, 2.75) is 32.9 Å². The second kappa shape index (κ2) is 6.73. The summed E-state index contributed by atoms with van der Waals surface area (Å²) in [6.45, 7) is 6.07. The van der Waals surface area contributed by atoms with E-state index in [9.17, 15) is 0 Å². The van der Waals surface area contributed by atoms with Gasteiger partial charge in [0.15, 0.2) is 0 Å². The van der Waals surface area contributed by atoms with Gasteiger partial charge in [-0.25, -0.2) is 0 Å². The normalized spacial score (nSPS) is 12.6. The van der Waals surface area contributed by atoms with E-state index in [0.717, 1.165) is 25.3 Å². The number of thiophene rings is 1. The van der Waals surface area contributed by atoms with E-state index in [1.165, 1.54) is 10.4 Å². The minimum Gasteiger partial charge on any atom is -0.496 e. The molecule has 0 aromatic carbocycles. The quantitative estimate of drug-likeness (QED) is 0.847. The zero-order valence-electron chi connectivity index (χ0n) is 11.7. The third kappa shape index (κ3) is 3.36. The lowest BCUT2D eigenvalue weighted by atomic mass is 10.1. The van der Waals surface area contributed by atoms with E-state index in [-0.39, 0.29) is 6.04 Å². The minimum atomic E-state index is 0.287. The Morgan fingerprint density at radius 3 is 2.95 bits per heavy atom. The third-order valence-corrected chi connectivity index (χ3v) is 4.11. The Morgan fingerprint density at radius 2 is 2.32 bits per heavy atom. The summed E-state index contributed by atoms with van der Waals surface area (Å²) >= 11 is 1.74. The first-order valence-corrected chi connectivity index (χ1v) is 7.52. The summed E-state index contributed by atoms with van der Waals surface area (Å²) in [5.74, 6) is 0.971. The standard InChI is InChI=1S/C14H21N3OS/c1-4-15-12(14-13(18-3)6-7-19-14)8-11-9-16-17(5-2)10-11/h6-7,9-10,12,15H,4-5,8H2,1-3H3. The van der Waals surface area contributed by atoms with E-state index >= 15 is 0 Å². The summed E-state index contributed by atoms with van der Waals surface area (Å²) < 4.78 is 7.39. The van der Waals surface area contributed by atoms with Gasteiger partial charge >= 0.3 is 0 Å². The second-order valence-electron chi connectivity index (χ2n) is 4.37. The lowest BCUT2D eigenvalue weighted by molar-refractivity contribution is 0.403. The van der Waals surface area contributed by atoms with Gasteiger partial charge in [0.25, 0.3) is 0 Å². The van der Waals surface area contributed by atoms with Gasteiger partial charge in [-0.15, -0.1) is 11.3 Å². The number of nitrogens with zero attached hydrogens (tertiary/aromatic N) is 2. The minimum absolute atomic E-state index is 0.287. The fraction of sp³-hybridized carbons (Fsp3) is 0.500. The molecule has 0 aliphatic rings. The van der Waals surface area contributed by atoms with Crippen molar-refractivity contribution in [2.24, 2.45) is 0 Å². The third-order valence-electron chi connectivity index (χ3n) is 3.09. The molecule has 19 heavy (non-hydrogen) atoms. The van der Waals surface area contributed by atoms with Gasteiger partial charge in [0, 0.05) is 18.8 Å². The zero-order chi connectivity index (χ0) is 13.7. The first-order chi connectivity index (χ1) is 9.28. The maximum absolute atomic E-state index is 5.43. The number of aryl methyl sites for hydroxylation is 1. The average molecular weight is 279 g/mol. The Balaban J connectivity index is 2.16. The predicted molar refractivity (Wildman–Crippen MR) is 78.9 cm³/mol. The maximum Gasteiger partial charge on any atom is 0.134 e. The van der Waals surface area contributed by atoms with E-state index in [1.807, 2.05) is 16.9 Å². The smallest absolute Gasteiger partial charge is 0.134 e. The fourth-order valence-corrected chi connectivity index (χ4v) is 3.09. The van der Waals surface area contributed by atoms with Gasteiger partial charge in [0.2, 0.25) is 0 Å². The highest BCUT2D eigenvalue weighted by atomic mass is 32.1. The van der Waals surface area contributed by atoms with E-state index < -0.39 is 0 Å². The van der Waals surface area contributed by atoms with Crippen LogP contribution in [-0.4, -0.2) is 23.4 Å². The molecular formula is C14H21N3OS. The number of aromatic nitrogens is 2. The molecule has 0 bridgehead atoms. The number of nitrogens with one attached hydrogen (secondary N) is 1. The van der Waals surface area contributed by atoms with E-state index in [2.05, 4.69) is 35.8 Å². The van der Waals surface area contributed by atoms with Crippen LogP contribution in [0.5, 0.6) is 5.75 Å². The van der Waals surface area contributed by atoms with Crippen molar-refractivity contribution in [3.8, 4) is 5.75 Å². The van der Waals surface area contributed by atoms with Gasteiger partial charge in [0.05, 0.1) is 18.2 Å². The lowest BCUT2D eigenvalue weighted by Crippen LogP contribution is -2.22. The molecule has 4 nitrogen and oxygen atoms in total. The Labute approximate surface area is 118 Å². The van der Waals surface area contributed by atoms with Crippen LogP contribution in [0.3, 0.4) is 0 Å². The van der Waals surface area contributed by atoms with Crippen molar-refractivity contribution in [3.05, 3.63) is 34.3 Å². The molecule has 1 atom stereocenters. The van der Waals surface area contributed by atoms with Crippen LogP contribution in [0.25, 0.3) is 0 Å². The Morgan fingerprint density at radius 1 is 1.47 bits per heavy atom. The van der Waals surface area contributed by atoms with Crippen LogP contribution >= 0.6 is 11.3 Å². The van der Waals surface area contributed by atoms with Crippen LogP contribution in [-0.2, 0) is 13.0 Å². The molecule has 5 heteroatoms. The molecule has 0 aliphatic carbocycles. The van der Waals surface area contributed by atoms with Crippen molar-refractivity contribution >= 4 is 11.3 Å². The molecule has 2 aromatic rings. The first kappa shape index (κ1) is 14.1. The highest BCUT2D eigenvalue weighted by Crippen LogP contribution is 2.32. The fourth-order valence-electron chi connectivity index (χ4n) is 2.16. The second-order valence-corrected chi connectivity index (χ2v) is 5.32. The summed E-state index contributed by atoms with van der Waals surface area (Å²) in [5.41, 5.74) is 1.25. The molecule has 2 heterocycles. The maximum atomic E-state index is 5.43. The molecule has 0 saturated carbocycles. The number of hydrogen-bond donors (Lipinski definition) is 1. The summed E-state index contributed by atoms with van der Waals surface area (Å²) in [4.78, 5) is 1.26. The molecule has 0 aliphatic heterocycles. The van der Waals surface area contributed by atoms with Crippen molar-refractivity contribution < 1.29 is 4.74 Å². The Bertz CT molecular complexity index is 506. The summed E-state index contributed by atoms with van der Waals surface area (Å²) in [5, 5.41) is 9.94. The van der Waals surface area contributed by atoms with Gasteiger partial charge < -0.3 is 10.1 Å². The number of likely N-dealkylation sites (N-methyl/N-ethyl adjacent to an activating group) is 1. The summed E-state index contributed by atoms with van der Waals surface area (Å²) in [7, 11) is 1.73. The van der Waals surface area contributed by atoms with Crippen LogP contribution in [0, 0.1) is 0 Å². The Kier molecular flexibility index (Phi) is 4.99. The SMILES string of the molecule is CCNC(Cc1cnn(CC)c1)c1sccc1OC. The molecule has 104 valence electrons. The van der Waals surface area contributed by atoms with Crippen LogP contribution in [0.2, 0.25) is 0 Å². The van der Waals surface area contributed by atoms with E-state index in [4.69, 9.17) is 4.74 Å². The molecule has 0 fully saturated rings. The monoisotopic (exact) mass is 279 g/mol. The molecular weight excluding hydrogens is 258 g/mol. The molecule has 0 saturated heterocycles. The Hall–Kier alpha value is -1.33. The van der Waals surface area contributed by atoms with Gasteiger partial charge in [-0.3, -0.25) is 4.68 Å². The largest absolute Gasteiger partial charge is 0.496 e. The number of rotatable bonds is 7. The van der Waals surface area contributed by atoms with Crippen molar-refractivity contribution in [1.29, 1.82) is 0 Å². The molecule has 2 aromatic heterocycles. The van der Waals surface area contributed by atoms with Crippen LogP contribution in [0.1, 0.15) is 30.3 Å². The van der Waals surface area contributed by atoms with Crippen LogP contribution in [0.15, 0.2) is 23.8 Å². The van der Waals surface area contributed by atoms with Gasteiger partial charge in [0.1, 0.15) is 5.75 Å².